The van der Waals surface area contributed by atoms with Crippen molar-refractivity contribution in [3.8, 4) is 0 Å². The largest absolute Gasteiger partial charge is 0.378 e. The summed E-state index contributed by atoms with van der Waals surface area (Å²) in [5, 5.41) is 3.54. The SMILES string of the molecule is O=C(CCC1CCCCO1)N1CCC2NCCC2C1. The predicted molar refractivity (Wildman–Crippen MR) is 73.9 cm³/mol. The molecule has 3 rings (SSSR count). The Morgan fingerprint density at radius 1 is 1.26 bits per heavy atom. The summed E-state index contributed by atoms with van der Waals surface area (Å²) in [5.74, 6) is 1.04. The zero-order valence-electron chi connectivity index (χ0n) is 11.8. The second-order valence-electron chi connectivity index (χ2n) is 6.27. The molecule has 0 spiro atoms. The maximum atomic E-state index is 12.3. The highest BCUT2D eigenvalue weighted by Crippen LogP contribution is 2.25. The van der Waals surface area contributed by atoms with Gasteiger partial charge in [0.2, 0.25) is 5.91 Å². The Hall–Kier alpha value is -0.610. The molecule has 3 aliphatic heterocycles. The minimum Gasteiger partial charge on any atom is -0.378 e. The Bertz CT molecular complexity index is 315. The number of nitrogens with one attached hydrogen (secondary N) is 1. The van der Waals surface area contributed by atoms with Gasteiger partial charge >= 0.3 is 0 Å². The summed E-state index contributed by atoms with van der Waals surface area (Å²) < 4.78 is 5.70. The van der Waals surface area contributed by atoms with Gasteiger partial charge in [-0.3, -0.25) is 4.79 Å². The first-order valence-corrected chi connectivity index (χ1v) is 7.95. The van der Waals surface area contributed by atoms with Gasteiger partial charge in [0.1, 0.15) is 0 Å². The number of rotatable bonds is 3. The number of fused-ring (bicyclic) bond motifs is 1. The van der Waals surface area contributed by atoms with Crippen molar-refractivity contribution in [3.63, 3.8) is 0 Å². The zero-order valence-corrected chi connectivity index (χ0v) is 11.8. The monoisotopic (exact) mass is 266 g/mol. The highest BCUT2D eigenvalue weighted by molar-refractivity contribution is 5.76. The average molecular weight is 266 g/mol. The number of carbonyl (C=O) groups excluding carboxylic acids is 1. The second-order valence-corrected chi connectivity index (χ2v) is 6.27. The normalized spacial score (nSPS) is 35.2. The summed E-state index contributed by atoms with van der Waals surface area (Å²) >= 11 is 0. The lowest BCUT2D eigenvalue weighted by Gasteiger charge is -2.35. The number of amides is 1. The van der Waals surface area contributed by atoms with E-state index in [1.165, 1.54) is 19.3 Å². The molecule has 0 aromatic rings. The summed E-state index contributed by atoms with van der Waals surface area (Å²) in [6.07, 6.45) is 7.89. The van der Waals surface area contributed by atoms with Crippen LogP contribution >= 0.6 is 0 Å². The van der Waals surface area contributed by atoms with Crippen LogP contribution in [0.3, 0.4) is 0 Å². The van der Waals surface area contributed by atoms with Crippen LogP contribution in [0.5, 0.6) is 0 Å². The Morgan fingerprint density at radius 2 is 2.21 bits per heavy atom. The van der Waals surface area contributed by atoms with E-state index in [0.717, 1.165) is 45.5 Å². The van der Waals surface area contributed by atoms with E-state index < -0.39 is 0 Å². The number of carbonyl (C=O) groups is 1. The molecule has 3 unspecified atom stereocenters. The third kappa shape index (κ3) is 3.29. The molecule has 3 saturated heterocycles. The van der Waals surface area contributed by atoms with Gasteiger partial charge in [-0.15, -0.1) is 0 Å². The topological polar surface area (TPSA) is 41.6 Å². The van der Waals surface area contributed by atoms with Crippen LogP contribution in [-0.4, -0.2) is 49.2 Å². The van der Waals surface area contributed by atoms with E-state index in [-0.39, 0.29) is 0 Å². The first kappa shape index (κ1) is 13.4. The van der Waals surface area contributed by atoms with Crippen molar-refractivity contribution in [2.75, 3.05) is 26.2 Å². The smallest absolute Gasteiger partial charge is 0.222 e. The summed E-state index contributed by atoms with van der Waals surface area (Å²) in [6, 6.07) is 0.672. The molecule has 0 aliphatic carbocycles. The van der Waals surface area contributed by atoms with E-state index in [1.807, 2.05) is 0 Å². The molecule has 19 heavy (non-hydrogen) atoms. The third-order valence-electron chi connectivity index (χ3n) is 4.96. The fourth-order valence-corrected chi connectivity index (χ4v) is 3.75. The van der Waals surface area contributed by atoms with E-state index in [1.54, 1.807) is 0 Å². The number of ether oxygens (including phenoxy) is 1. The lowest BCUT2D eigenvalue weighted by molar-refractivity contribution is -0.134. The number of likely N-dealkylation sites (tertiary alicyclic amines) is 1. The molecule has 0 radical (unpaired) electrons. The first-order valence-electron chi connectivity index (χ1n) is 7.95. The van der Waals surface area contributed by atoms with Gasteiger partial charge in [0.25, 0.3) is 0 Å². The van der Waals surface area contributed by atoms with Crippen LogP contribution in [0, 0.1) is 5.92 Å². The van der Waals surface area contributed by atoms with Crippen molar-refractivity contribution in [2.45, 2.75) is 57.1 Å². The van der Waals surface area contributed by atoms with Crippen LogP contribution in [0.25, 0.3) is 0 Å². The van der Waals surface area contributed by atoms with E-state index in [0.29, 0.717) is 30.4 Å². The summed E-state index contributed by atoms with van der Waals surface area (Å²) in [7, 11) is 0. The molecule has 0 saturated carbocycles. The number of piperidine rings is 1. The Balaban J connectivity index is 1.42. The molecule has 0 bridgehead atoms. The second kappa shape index (κ2) is 6.23. The van der Waals surface area contributed by atoms with Crippen LogP contribution in [0.1, 0.15) is 44.9 Å². The van der Waals surface area contributed by atoms with Gasteiger partial charge in [0.15, 0.2) is 0 Å². The van der Waals surface area contributed by atoms with Crippen LogP contribution in [-0.2, 0) is 9.53 Å². The fraction of sp³-hybridized carbons (Fsp3) is 0.933. The minimum absolute atomic E-state index is 0.336. The highest BCUT2D eigenvalue weighted by atomic mass is 16.5. The van der Waals surface area contributed by atoms with Crippen molar-refractivity contribution in [1.29, 1.82) is 0 Å². The van der Waals surface area contributed by atoms with Gasteiger partial charge in [0.05, 0.1) is 6.10 Å². The molecular weight excluding hydrogens is 240 g/mol. The summed E-state index contributed by atoms with van der Waals surface area (Å²) in [6.45, 7) is 3.94. The van der Waals surface area contributed by atoms with E-state index in [2.05, 4.69) is 10.2 Å². The molecule has 3 fully saturated rings. The van der Waals surface area contributed by atoms with E-state index in [4.69, 9.17) is 4.74 Å². The van der Waals surface area contributed by atoms with Gasteiger partial charge in [-0.1, -0.05) is 0 Å². The minimum atomic E-state index is 0.336. The average Bonchev–Trinajstić information content (AvgIpc) is 2.93. The Morgan fingerprint density at radius 3 is 3.05 bits per heavy atom. The molecule has 3 heterocycles. The summed E-state index contributed by atoms with van der Waals surface area (Å²) in [4.78, 5) is 14.4. The van der Waals surface area contributed by atoms with Crippen molar-refractivity contribution in [1.82, 2.24) is 10.2 Å². The molecule has 3 atom stereocenters. The maximum Gasteiger partial charge on any atom is 0.222 e. The van der Waals surface area contributed by atoms with Gasteiger partial charge in [-0.2, -0.15) is 0 Å². The maximum absolute atomic E-state index is 12.3. The Labute approximate surface area is 115 Å². The van der Waals surface area contributed by atoms with Gasteiger partial charge in [0, 0.05) is 32.2 Å². The van der Waals surface area contributed by atoms with Gasteiger partial charge in [-0.25, -0.2) is 0 Å². The number of hydrogen-bond acceptors (Lipinski definition) is 3. The molecule has 0 aromatic heterocycles. The molecule has 0 aromatic carbocycles. The molecular formula is C15H26N2O2. The third-order valence-corrected chi connectivity index (χ3v) is 4.96. The van der Waals surface area contributed by atoms with Crippen molar-refractivity contribution >= 4 is 5.91 Å². The van der Waals surface area contributed by atoms with Crippen LogP contribution < -0.4 is 5.32 Å². The zero-order chi connectivity index (χ0) is 13.1. The predicted octanol–water partition coefficient (Wildman–Crippen LogP) is 1.55. The van der Waals surface area contributed by atoms with Crippen LogP contribution in [0.15, 0.2) is 0 Å². The van der Waals surface area contributed by atoms with E-state index in [9.17, 15) is 4.79 Å². The van der Waals surface area contributed by atoms with Crippen LogP contribution in [0.2, 0.25) is 0 Å². The lowest BCUT2D eigenvalue weighted by atomic mass is 9.93. The molecule has 4 heteroatoms. The fourth-order valence-electron chi connectivity index (χ4n) is 3.75. The number of hydrogen-bond donors (Lipinski definition) is 1. The molecule has 1 N–H and O–H groups in total. The first-order chi connectivity index (χ1) is 9.33. The number of nitrogens with zero attached hydrogens (tertiary/aromatic N) is 1. The van der Waals surface area contributed by atoms with Crippen LogP contribution in [0.4, 0.5) is 0 Å². The van der Waals surface area contributed by atoms with Crippen molar-refractivity contribution < 1.29 is 9.53 Å². The van der Waals surface area contributed by atoms with E-state index >= 15 is 0 Å². The molecule has 108 valence electrons. The van der Waals surface area contributed by atoms with Gasteiger partial charge in [-0.05, 0) is 51.0 Å². The highest BCUT2D eigenvalue weighted by Gasteiger charge is 2.34. The van der Waals surface area contributed by atoms with Crippen molar-refractivity contribution in [2.24, 2.45) is 5.92 Å². The quantitative estimate of drug-likeness (QED) is 0.842. The molecule has 4 nitrogen and oxygen atoms in total. The molecule has 3 aliphatic rings. The van der Waals surface area contributed by atoms with Crippen molar-refractivity contribution in [3.05, 3.63) is 0 Å². The molecule has 1 amide bonds. The Kier molecular flexibility index (Phi) is 4.38. The summed E-state index contributed by atoms with van der Waals surface area (Å²) in [5.41, 5.74) is 0. The standard InChI is InChI=1S/C15H26N2O2/c18-15(5-4-13-3-1-2-10-19-13)17-9-7-14-12(11-17)6-8-16-14/h12-14,16H,1-11H2. The van der Waals surface area contributed by atoms with Gasteiger partial charge < -0.3 is 15.0 Å². The lowest BCUT2D eigenvalue weighted by Crippen LogP contribution is -2.47.